The molecule has 0 atom stereocenters. The lowest BCUT2D eigenvalue weighted by Crippen LogP contribution is -2.41. The molecule has 172 valence electrons. The lowest BCUT2D eigenvalue weighted by molar-refractivity contribution is -0.120. The monoisotopic (exact) mass is 483 g/mol. The molecule has 0 saturated carbocycles. The maximum absolute atomic E-state index is 12.9. The van der Waals surface area contributed by atoms with Crippen LogP contribution in [0.2, 0.25) is 0 Å². The predicted molar refractivity (Wildman–Crippen MR) is 129 cm³/mol. The van der Waals surface area contributed by atoms with E-state index >= 15 is 0 Å². The summed E-state index contributed by atoms with van der Waals surface area (Å²) in [6, 6.07) is 15.9. The number of hydrogen-bond donors (Lipinski definition) is 1. The molecule has 1 N–H and O–H groups in total. The van der Waals surface area contributed by atoms with Crippen LogP contribution in [-0.2, 0) is 14.8 Å². The summed E-state index contributed by atoms with van der Waals surface area (Å²) in [5.41, 5.74) is 2.39. The van der Waals surface area contributed by atoms with Crippen LogP contribution in [0.1, 0.15) is 35.8 Å². The Bertz CT molecular complexity index is 1260. The summed E-state index contributed by atoms with van der Waals surface area (Å²) in [5.74, 6) is -0.524. The van der Waals surface area contributed by atoms with Crippen LogP contribution in [0.3, 0.4) is 0 Å². The highest BCUT2D eigenvalue weighted by Gasteiger charge is 2.32. The van der Waals surface area contributed by atoms with Crippen molar-refractivity contribution in [2.45, 2.75) is 31.6 Å². The van der Waals surface area contributed by atoms with E-state index < -0.39 is 10.0 Å². The van der Waals surface area contributed by atoms with Crippen molar-refractivity contribution in [3.63, 3.8) is 0 Å². The minimum absolute atomic E-state index is 0.114. The van der Waals surface area contributed by atoms with Crippen LogP contribution < -0.4 is 5.32 Å². The van der Waals surface area contributed by atoms with E-state index in [-0.39, 0.29) is 35.6 Å². The summed E-state index contributed by atoms with van der Waals surface area (Å²) >= 11 is 1.44. The van der Waals surface area contributed by atoms with E-state index in [1.54, 1.807) is 0 Å². The van der Waals surface area contributed by atoms with Crippen LogP contribution in [0.4, 0.5) is 5.13 Å². The van der Waals surface area contributed by atoms with E-state index in [2.05, 4.69) is 10.3 Å². The molecule has 0 radical (unpaired) electrons. The summed E-state index contributed by atoms with van der Waals surface area (Å²) in [4.78, 5) is 29.9. The number of thiazole rings is 1. The first-order chi connectivity index (χ1) is 15.8. The molecule has 7 nitrogen and oxygen atoms in total. The number of nitrogens with zero attached hydrogens (tertiary/aromatic N) is 2. The Morgan fingerprint density at radius 3 is 2.27 bits per heavy atom. The summed E-state index contributed by atoms with van der Waals surface area (Å²) < 4.78 is 27.3. The third-order valence-corrected chi connectivity index (χ3v) is 8.82. The van der Waals surface area contributed by atoms with E-state index in [1.807, 2.05) is 37.3 Å². The molecular weight excluding hydrogens is 458 g/mol. The number of amides is 1. The fraction of sp³-hybridized carbons (Fsp3) is 0.292. The highest BCUT2D eigenvalue weighted by Crippen LogP contribution is 2.33. The molecule has 4 rings (SSSR count). The van der Waals surface area contributed by atoms with Crippen LogP contribution in [0.5, 0.6) is 0 Å². The van der Waals surface area contributed by atoms with Gasteiger partial charge in [-0.15, -0.1) is 0 Å². The second-order valence-electron chi connectivity index (χ2n) is 8.05. The molecule has 1 amide bonds. The Kier molecular flexibility index (Phi) is 6.73. The number of ketones is 1. The number of rotatable bonds is 6. The smallest absolute Gasteiger partial charge is 0.243 e. The number of carbonyl (C=O) groups excluding carboxylic acids is 2. The third kappa shape index (κ3) is 5.05. The molecule has 1 fully saturated rings. The molecule has 1 aromatic heterocycles. The lowest BCUT2D eigenvalue weighted by atomic mass is 9.97. The zero-order valence-electron chi connectivity index (χ0n) is 18.4. The summed E-state index contributed by atoms with van der Waals surface area (Å²) in [6.45, 7) is 3.89. The summed E-state index contributed by atoms with van der Waals surface area (Å²) in [5, 5.41) is 3.47. The first kappa shape index (κ1) is 23.3. The molecule has 0 bridgehead atoms. The number of Topliss-reactive ketones (excluding diaryl/α,β-unsaturated/α-hetero) is 1. The van der Waals surface area contributed by atoms with E-state index in [4.69, 9.17) is 0 Å². The van der Waals surface area contributed by atoms with Gasteiger partial charge in [-0.05, 0) is 44.4 Å². The number of piperidine rings is 1. The van der Waals surface area contributed by atoms with Crippen molar-refractivity contribution in [2.75, 3.05) is 18.4 Å². The zero-order valence-corrected chi connectivity index (χ0v) is 20.1. The molecule has 1 aliphatic rings. The average molecular weight is 484 g/mol. The van der Waals surface area contributed by atoms with Gasteiger partial charge in [0.25, 0.3) is 0 Å². The standard InChI is InChI=1S/C24H25N3O4S2/c1-16-22(19-6-4-3-5-7-19)32-24(25-16)26-23(29)20-12-14-27(15-13-20)33(30,31)21-10-8-18(9-11-21)17(2)28/h3-11,20H,12-15H2,1-2H3,(H,25,26,29). The summed E-state index contributed by atoms with van der Waals surface area (Å²) in [6.07, 6.45) is 0.874. The van der Waals surface area contributed by atoms with Crippen LogP contribution in [0, 0.1) is 12.8 Å². The SMILES string of the molecule is CC(=O)c1ccc(S(=O)(=O)N2CCC(C(=O)Nc3nc(C)c(-c4ccccc4)s3)CC2)cc1. The number of hydrogen-bond acceptors (Lipinski definition) is 6. The van der Waals surface area contributed by atoms with Gasteiger partial charge in [0.2, 0.25) is 15.9 Å². The number of sulfonamides is 1. The fourth-order valence-corrected chi connectivity index (χ4v) is 6.33. The first-order valence-corrected chi connectivity index (χ1v) is 13.0. The van der Waals surface area contributed by atoms with Gasteiger partial charge in [-0.3, -0.25) is 9.59 Å². The van der Waals surface area contributed by atoms with Crippen molar-refractivity contribution in [3.8, 4) is 10.4 Å². The fourth-order valence-electron chi connectivity index (χ4n) is 3.88. The molecule has 2 aromatic carbocycles. The molecule has 3 aromatic rings. The van der Waals surface area contributed by atoms with Gasteiger partial charge in [0.05, 0.1) is 15.5 Å². The first-order valence-electron chi connectivity index (χ1n) is 10.7. The number of benzene rings is 2. The molecule has 33 heavy (non-hydrogen) atoms. The maximum Gasteiger partial charge on any atom is 0.243 e. The Balaban J connectivity index is 1.38. The highest BCUT2D eigenvalue weighted by molar-refractivity contribution is 7.89. The number of aromatic nitrogens is 1. The van der Waals surface area contributed by atoms with Crippen LogP contribution >= 0.6 is 11.3 Å². The molecule has 1 aliphatic heterocycles. The van der Waals surface area contributed by atoms with Crippen molar-refractivity contribution in [1.82, 2.24) is 9.29 Å². The molecule has 1 saturated heterocycles. The zero-order chi connectivity index (χ0) is 23.6. The molecule has 9 heteroatoms. The minimum Gasteiger partial charge on any atom is -0.302 e. The minimum atomic E-state index is -3.67. The van der Waals surface area contributed by atoms with Gasteiger partial charge in [0, 0.05) is 24.6 Å². The highest BCUT2D eigenvalue weighted by atomic mass is 32.2. The lowest BCUT2D eigenvalue weighted by Gasteiger charge is -2.30. The maximum atomic E-state index is 12.9. The number of aryl methyl sites for hydroxylation is 1. The number of carbonyl (C=O) groups is 2. The Morgan fingerprint density at radius 2 is 1.67 bits per heavy atom. The van der Waals surface area contributed by atoms with Gasteiger partial charge in [-0.2, -0.15) is 4.31 Å². The van der Waals surface area contributed by atoms with Crippen molar-refractivity contribution in [1.29, 1.82) is 0 Å². The second kappa shape index (κ2) is 9.54. The third-order valence-electron chi connectivity index (χ3n) is 5.79. The van der Waals surface area contributed by atoms with Gasteiger partial charge >= 0.3 is 0 Å². The van der Waals surface area contributed by atoms with Gasteiger partial charge in [0.1, 0.15) is 0 Å². The normalized spacial score (nSPS) is 15.3. The van der Waals surface area contributed by atoms with Gasteiger partial charge < -0.3 is 5.32 Å². The van der Waals surface area contributed by atoms with E-state index in [9.17, 15) is 18.0 Å². The topological polar surface area (TPSA) is 96.4 Å². The number of anilines is 1. The largest absolute Gasteiger partial charge is 0.302 e. The second-order valence-corrected chi connectivity index (χ2v) is 11.0. The van der Waals surface area contributed by atoms with Gasteiger partial charge in [-0.1, -0.05) is 53.8 Å². The van der Waals surface area contributed by atoms with E-state index in [0.717, 1.165) is 16.1 Å². The number of nitrogens with one attached hydrogen (secondary N) is 1. The van der Waals surface area contributed by atoms with Crippen LogP contribution in [0.15, 0.2) is 59.5 Å². The molecular formula is C24H25N3O4S2. The van der Waals surface area contributed by atoms with Crippen molar-refractivity contribution in [3.05, 3.63) is 65.9 Å². The van der Waals surface area contributed by atoms with Gasteiger partial charge in [-0.25, -0.2) is 13.4 Å². The summed E-state index contributed by atoms with van der Waals surface area (Å²) in [7, 11) is -3.67. The van der Waals surface area contributed by atoms with E-state index in [0.29, 0.717) is 23.5 Å². The van der Waals surface area contributed by atoms with Crippen molar-refractivity contribution >= 4 is 38.2 Å². The van der Waals surface area contributed by atoms with Crippen LogP contribution in [-0.4, -0.2) is 42.5 Å². The quantitative estimate of drug-likeness (QED) is 0.526. The predicted octanol–water partition coefficient (Wildman–Crippen LogP) is 4.36. The average Bonchev–Trinajstić information content (AvgIpc) is 3.19. The van der Waals surface area contributed by atoms with Crippen LogP contribution in [0.25, 0.3) is 10.4 Å². The molecule has 0 aliphatic carbocycles. The molecule has 0 spiro atoms. The van der Waals surface area contributed by atoms with Crippen molar-refractivity contribution in [2.24, 2.45) is 5.92 Å². The van der Waals surface area contributed by atoms with E-state index in [1.165, 1.54) is 46.8 Å². The molecule has 2 heterocycles. The van der Waals surface area contributed by atoms with Gasteiger partial charge in [0.15, 0.2) is 10.9 Å². The Morgan fingerprint density at radius 1 is 1.03 bits per heavy atom. The Hall–Kier alpha value is -2.88. The van der Waals surface area contributed by atoms with Crippen molar-refractivity contribution < 1.29 is 18.0 Å². The Labute approximate surface area is 197 Å². The molecule has 0 unspecified atom stereocenters.